The van der Waals surface area contributed by atoms with E-state index in [1.54, 1.807) is 6.08 Å². The molecular formula is C41H78NO8P. The van der Waals surface area contributed by atoms with Crippen LogP contribution in [0, 0.1) is 0 Å². The van der Waals surface area contributed by atoms with E-state index < -0.39 is 32.5 Å². The van der Waals surface area contributed by atoms with Crippen LogP contribution in [0.2, 0.25) is 0 Å². The second-order valence-electron chi connectivity index (χ2n) is 15.1. The van der Waals surface area contributed by atoms with E-state index in [-0.39, 0.29) is 19.6 Å². The van der Waals surface area contributed by atoms with Crippen LogP contribution in [-0.4, -0.2) is 70.0 Å². The van der Waals surface area contributed by atoms with E-state index in [0.717, 1.165) is 32.1 Å². The number of phosphoric acid groups is 1. The molecule has 0 heterocycles. The number of quaternary nitrogens is 1. The summed E-state index contributed by atoms with van der Waals surface area (Å²) in [6.45, 7) is 4.10. The maximum absolute atomic E-state index is 12.5. The Morgan fingerprint density at radius 2 is 1.12 bits per heavy atom. The van der Waals surface area contributed by atoms with Gasteiger partial charge in [0.2, 0.25) is 0 Å². The van der Waals surface area contributed by atoms with Gasteiger partial charge in [-0.15, -0.1) is 0 Å². The predicted molar refractivity (Wildman–Crippen MR) is 208 cm³/mol. The van der Waals surface area contributed by atoms with Crippen LogP contribution in [0.4, 0.5) is 0 Å². The fourth-order valence-corrected chi connectivity index (χ4v) is 6.29. The van der Waals surface area contributed by atoms with E-state index in [2.05, 4.69) is 13.8 Å². The van der Waals surface area contributed by atoms with Crippen LogP contribution in [0.5, 0.6) is 0 Å². The highest BCUT2D eigenvalue weighted by Crippen LogP contribution is 2.38. The minimum Gasteiger partial charge on any atom is -0.756 e. The zero-order valence-electron chi connectivity index (χ0n) is 33.6. The number of carbonyl (C=O) groups is 2. The number of phosphoric ester groups is 1. The normalized spacial score (nSPS) is 13.9. The van der Waals surface area contributed by atoms with Crippen molar-refractivity contribution >= 4 is 19.8 Å². The lowest BCUT2D eigenvalue weighted by Gasteiger charge is -2.28. The maximum atomic E-state index is 12.5. The first-order valence-electron chi connectivity index (χ1n) is 20.6. The smallest absolute Gasteiger partial charge is 0.331 e. The van der Waals surface area contributed by atoms with Crippen LogP contribution in [0.1, 0.15) is 174 Å². The number of likely N-dealkylation sites (N-methyl/N-ethyl adjacent to an activating group) is 1. The van der Waals surface area contributed by atoms with Gasteiger partial charge in [-0.3, -0.25) is 9.36 Å². The molecule has 0 aromatic heterocycles. The first-order valence-corrected chi connectivity index (χ1v) is 22.0. The SMILES string of the molecule is CCCCCCCCCCCCC/C=C/C=C/C(=O)O[C@H](COC(=O)CCCCCCCCCCCCCC)COP(=O)([O-])OCC[N+](C)(C)C. The summed E-state index contributed by atoms with van der Waals surface area (Å²) >= 11 is 0. The minimum absolute atomic E-state index is 0.0446. The maximum Gasteiger partial charge on any atom is 0.331 e. The number of hydrogen-bond acceptors (Lipinski definition) is 8. The average molecular weight is 744 g/mol. The lowest BCUT2D eigenvalue weighted by Crippen LogP contribution is -2.37. The molecule has 0 N–H and O–H groups in total. The number of allylic oxidation sites excluding steroid dienone is 3. The highest BCUT2D eigenvalue weighted by atomic mass is 31.2. The van der Waals surface area contributed by atoms with Crippen molar-refractivity contribution < 1.29 is 42.1 Å². The van der Waals surface area contributed by atoms with Gasteiger partial charge >= 0.3 is 11.9 Å². The third-order valence-electron chi connectivity index (χ3n) is 8.83. The lowest BCUT2D eigenvalue weighted by atomic mass is 10.0. The Balaban J connectivity index is 4.50. The van der Waals surface area contributed by atoms with Gasteiger partial charge < -0.3 is 27.9 Å². The predicted octanol–water partition coefficient (Wildman–Crippen LogP) is 10.6. The highest BCUT2D eigenvalue weighted by molar-refractivity contribution is 7.45. The fraction of sp³-hybridized carbons (Fsp3) is 0.854. The van der Waals surface area contributed by atoms with Crippen molar-refractivity contribution in [1.82, 2.24) is 0 Å². The molecule has 10 heteroatoms. The van der Waals surface area contributed by atoms with E-state index in [1.165, 1.54) is 128 Å². The van der Waals surface area contributed by atoms with Crippen LogP contribution >= 0.6 is 7.82 Å². The number of carbonyl (C=O) groups excluding carboxylic acids is 2. The molecule has 0 amide bonds. The third kappa shape index (κ3) is 38.0. The summed E-state index contributed by atoms with van der Waals surface area (Å²) in [6.07, 6.45) is 35.5. The van der Waals surface area contributed by atoms with Gasteiger partial charge in [0.1, 0.15) is 19.8 Å². The van der Waals surface area contributed by atoms with E-state index in [4.69, 9.17) is 18.5 Å². The van der Waals surface area contributed by atoms with Crippen molar-refractivity contribution in [3.63, 3.8) is 0 Å². The summed E-state index contributed by atoms with van der Waals surface area (Å²) in [5.74, 6) is -1.08. The van der Waals surface area contributed by atoms with Gasteiger partial charge in [-0.1, -0.05) is 167 Å². The Morgan fingerprint density at radius 3 is 1.61 bits per heavy atom. The number of unbranched alkanes of at least 4 members (excludes halogenated alkanes) is 22. The molecule has 0 aromatic carbocycles. The van der Waals surface area contributed by atoms with Crippen molar-refractivity contribution in [2.45, 2.75) is 180 Å². The van der Waals surface area contributed by atoms with Crippen molar-refractivity contribution in [3.05, 3.63) is 24.3 Å². The molecule has 0 aliphatic rings. The summed E-state index contributed by atoms with van der Waals surface area (Å²) in [5, 5.41) is 0. The molecule has 0 bridgehead atoms. The summed E-state index contributed by atoms with van der Waals surface area (Å²) in [4.78, 5) is 37.2. The van der Waals surface area contributed by atoms with Gasteiger partial charge in [-0.2, -0.15) is 0 Å². The molecule has 0 saturated carbocycles. The number of ether oxygens (including phenoxy) is 2. The molecule has 9 nitrogen and oxygen atoms in total. The number of hydrogen-bond donors (Lipinski definition) is 0. The molecular weight excluding hydrogens is 665 g/mol. The molecule has 0 aromatic rings. The van der Waals surface area contributed by atoms with Crippen LogP contribution in [0.25, 0.3) is 0 Å². The Kier molecular flexibility index (Phi) is 33.3. The monoisotopic (exact) mass is 744 g/mol. The topological polar surface area (TPSA) is 111 Å². The Hall–Kier alpha value is -1.51. The Bertz CT molecular complexity index is 933. The van der Waals surface area contributed by atoms with Crippen LogP contribution < -0.4 is 4.89 Å². The highest BCUT2D eigenvalue weighted by Gasteiger charge is 2.21. The number of rotatable bonds is 37. The molecule has 0 radical (unpaired) electrons. The quantitative estimate of drug-likeness (QED) is 0.0154. The van der Waals surface area contributed by atoms with Crippen molar-refractivity contribution in [3.8, 4) is 0 Å². The zero-order valence-corrected chi connectivity index (χ0v) is 34.4. The molecule has 0 spiro atoms. The molecule has 0 aliphatic carbocycles. The van der Waals surface area contributed by atoms with E-state index >= 15 is 0 Å². The van der Waals surface area contributed by atoms with Crippen molar-refractivity contribution in [2.24, 2.45) is 0 Å². The van der Waals surface area contributed by atoms with Gasteiger partial charge in [-0.05, 0) is 19.3 Å². The summed E-state index contributed by atoms with van der Waals surface area (Å²) in [7, 11) is 1.12. The zero-order chi connectivity index (χ0) is 37.9. The number of esters is 2. The summed E-state index contributed by atoms with van der Waals surface area (Å²) < 4.78 is 33.6. The van der Waals surface area contributed by atoms with Crippen molar-refractivity contribution in [2.75, 3.05) is 47.5 Å². The number of nitrogens with zero attached hydrogens (tertiary/aromatic N) is 1. The Labute approximate surface area is 313 Å². The molecule has 0 rings (SSSR count). The van der Waals surface area contributed by atoms with E-state index in [9.17, 15) is 19.0 Å². The average Bonchev–Trinajstić information content (AvgIpc) is 3.07. The van der Waals surface area contributed by atoms with Gasteiger partial charge in [0, 0.05) is 12.5 Å². The third-order valence-corrected chi connectivity index (χ3v) is 9.80. The van der Waals surface area contributed by atoms with E-state index in [1.807, 2.05) is 33.3 Å². The van der Waals surface area contributed by atoms with Crippen LogP contribution in [0.3, 0.4) is 0 Å². The molecule has 0 aliphatic heterocycles. The fourth-order valence-electron chi connectivity index (χ4n) is 5.56. The van der Waals surface area contributed by atoms with Gasteiger partial charge in [0.05, 0.1) is 27.7 Å². The van der Waals surface area contributed by atoms with Crippen LogP contribution in [-0.2, 0) is 32.7 Å². The van der Waals surface area contributed by atoms with Gasteiger partial charge in [0.15, 0.2) is 6.10 Å². The molecule has 0 fully saturated rings. The lowest BCUT2D eigenvalue weighted by molar-refractivity contribution is -0.870. The van der Waals surface area contributed by atoms with Crippen LogP contribution in [0.15, 0.2) is 24.3 Å². The van der Waals surface area contributed by atoms with Crippen molar-refractivity contribution in [1.29, 1.82) is 0 Å². The first-order chi connectivity index (χ1) is 24.5. The van der Waals surface area contributed by atoms with Gasteiger partial charge in [0.25, 0.3) is 7.82 Å². The van der Waals surface area contributed by atoms with Gasteiger partial charge in [-0.25, -0.2) is 4.79 Å². The molecule has 300 valence electrons. The summed E-state index contributed by atoms with van der Waals surface area (Å²) in [5.41, 5.74) is 0. The Morgan fingerprint density at radius 1 is 0.647 bits per heavy atom. The minimum atomic E-state index is -4.64. The molecule has 2 atom stereocenters. The summed E-state index contributed by atoms with van der Waals surface area (Å²) in [6, 6.07) is 0. The molecule has 1 unspecified atom stereocenters. The van der Waals surface area contributed by atoms with E-state index in [0.29, 0.717) is 11.0 Å². The second kappa shape index (κ2) is 34.3. The largest absolute Gasteiger partial charge is 0.756 e. The molecule has 51 heavy (non-hydrogen) atoms. The second-order valence-corrected chi connectivity index (χ2v) is 16.5. The first kappa shape index (κ1) is 49.5. The molecule has 0 saturated heterocycles. The standard InChI is InChI=1S/C41H78NO8P/c1-6-8-10-12-14-16-18-20-21-22-24-26-28-30-32-34-41(44)50-39(38-49-51(45,46)48-36-35-42(3,4)5)37-47-40(43)33-31-29-27-25-23-19-17-15-13-11-9-7-2/h28,30,32,34,39H,6-27,29,31,33,35-38H2,1-5H3/b30-28+,34-32+/t39-/m1/s1.